The van der Waals surface area contributed by atoms with Crippen molar-refractivity contribution >= 4 is 17.4 Å². The molecule has 0 fully saturated rings. The lowest BCUT2D eigenvalue weighted by Gasteiger charge is -2.17. The molecule has 96 valence electrons. The number of hydrogen-bond acceptors (Lipinski definition) is 3. The first-order valence-electron chi connectivity index (χ1n) is 6.16. The van der Waals surface area contributed by atoms with Gasteiger partial charge in [0, 0.05) is 31.6 Å². The van der Waals surface area contributed by atoms with Crippen LogP contribution in [0.2, 0.25) is 0 Å². The average Bonchev–Trinajstić information content (AvgIpc) is 2.38. The first-order valence-corrected chi connectivity index (χ1v) is 7.31. The van der Waals surface area contributed by atoms with E-state index in [2.05, 4.69) is 50.1 Å². The molecule has 1 aromatic rings. The fourth-order valence-corrected chi connectivity index (χ4v) is 2.51. The summed E-state index contributed by atoms with van der Waals surface area (Å²) in [6.07, 6.45) is 0. The Morgan fingerprint density at radius 1 is 1.29 bits per heavy atom. The highest BCUT2D eigenvalue weighted by atomic mass is 32.2. The smallest absolute Gasteiger partial charge is 0.0464 e. The second kappa shape index (κ2) is 7.62. The molecule has 1 unspecified atom stereocenters. The predicted molar refractivity (Wildman–Crippen MR) is 77.8 cm³/mol. The highest BCUT2D eigenvalue weighted by Gasteiger charge is 2.01. The third-order valence-corrected chi connectivity index (χ3v) is 4.18. The van der Waals surface area contributed by atoms with Gasteiger partial charge in [-0.15, -0.1) is 0 Å². The number of thioether (sulfide) groups is 1. The Labute approximate surface area is 109 Å². The monoisotopic (exact) mass is 253 g/mol. The molecule has 1 N–H and O–H groups in total. The molecule has 0 saturated heterocycles. The Hall–Kier alpha value is -0.670. The van der Waals surface area contributed by atoms with Crippen LogP contribution in [0, 0.1) is 5.92 Å². The summed E-state index contributed by atoms with van der Waals surface area (Å²) in [7, 11) is 2.10. The lowest BCUT2D eigenvalue weighted by Crippen LogP contribution is -2.15. The van der Waals surface area contributed by atoms with Crippen LogP contribution in [0.3, 0.4) is 0 Å². The van der Waals surface area contributed by atoms with Crippen molar-refractivity contribution in [2.45, 2.75) is 19.6 Å². The Balaban J connectivity index is 2.40. The first-order chi connectivity index (χ1) is 8.17. The molecule has 0 aromatic heterocycles. The van der Waals surface area contributed by atoms with Gasteiger partial charge in [0.15, 0.2) is 0 Å². The predicted octanol–water partition coefficient (Wildman–Crippen LogP) is 3.00. The zero-order valence-electron chi connectivity index (χ0n) is 11.0. The standard InChI is InChI=1S/C14H23NOS/c1-4-15(3)14-7-5-13(6-8-14)11-17-10-12(2)9-16/h5-8,12,16H,4,9-11H2,1-3H3. The second-order valence-electron chi connectivity index (χ2n) is 4.48. The molecule has 0 amide bonds. The van der Waals surface area contributed by atoms with Gasteiger partial charge in [-0.1, -0.05) is 19.1 Å². The van der Waals surface area contributed by atoms with E-state index in [0.29, 0.717) is 5.92 Å². The SMILES string of the molecule is CCN(C)c1ccc(CSCC(C)CO)cc1. The summed E-state index contributed by atoms with van der Waals surface area (Å²) in [5.41, 5.74) is 2.62. The van der Waals surface area contributed by atoms with Crippen molar-refractivity contribution in [2.75, 3.05) is 30.9 Å². The van der Waals surface area contributed by atoms with E-state index in [1.165, 1.54) is 11.3 Å². The minimum Gasteiger partial charge on any atom is -0.396 e. The Kier molecular flexibility index (Phi) is 6.45. The van der Waals surface area contributed by atoms with E-state index in [1.54, 1.807) is 0 Å². The second-order valence-corrected chi connectivity index (χ2v) is 5.51. The van der Waals surface area contributed by atoms with E-state index < -0.39 is 0 Å². The van der Waals surface area contributed by atoms with Crippen LogP contribution in [0.5, 0.6) is 0 Å². The quantitative estimate of drug-likeness (QED) is 0.808. The Morgan fingerprint density at radius 2 is 1.94 bits per heavy atom. The van der Waals surface area contributed by atoms with E-state index >= 15 is 0 Å². The summed E-state index contributed by atoms with van der Waals surface area (Å²) in [4.78, 5) is 2.23. The number of hydrogen-bond donors (Lipinski definition) is 1. The van der Waals surface area contributed by atoms with E-state index in [1.807, 2.05) is 11.8 Å². The maximum Gasteiger partial charge on any atom is 0.0464 e. The molecule has 1 aromatic carbocycles. The largest absolute Gasteiger partial charge is 0.396 e. The number of anilines is 1. The zero-order chi connectivity index (χ0) is 12.7. The van der Waals surface area contributed by atoms with Crippen LogP contribution < -0.4 is 4.90 Å². The van der Waals surface area contributed by atoms with E-state index in [-0.39, 0.29) is 6.61 Å². The fraction of sp³-hybridized carbons (Fsp3) is 0.571. The summed E-state index contributed by atoms with van der Waals surface area (Å²) in [5.74, 6) is 2.44. The molecule has 0 aliphatic heterocycles. The number of rotatable bonds is 7. The summed E-state index contributed by atoms with van der Waals surface area (Å²) < 4.78 is 0. The molecule has 0 aliphatic rings. The van der Waals surface area contributed by atoms with Crippen LogP contribution in [-0.4, -0.2) is 31.1 Å². The number of nitrogens with zero attached hydrogens (tertiary/aromatic N) is 1. The highest BCUT2D eigenvalue weighted by Crippen LogP contribution is 2.18. The van der Waals surface area contributed by atoms with Crippen molar-refractivity contribution in [1.82, 2.24) is 0 Å². The molecule has 0 aliphatic carbocycles. The lowest BCUT2D eigenvalue weighted by molar-refractivity contribution is 0.250. The van der Waals surface area contributed by atoms with E-state index in [0.717, 1.165) is 18.1 Å². The van der Waals surface area contributed by atoms with E-state index in [4.69, 9.17) is 5.11 Å². The van der Waals surface area contributed by atoms with Gasteiger partial charge in [0.1, 0.15) is 0 Å². The maximum absolute atomic E-state index is 8.94. The van der Waals surface area contributed by atoms with Gasteiger partial charge < -0.3 is 10.0 Å². The zero-order valence-corrected chi connectivity index (χ0v) is 11.8. The van der Waals surface area contributed by atoms with Crippen LogP contribution in [0.15, 0.2) is 24.3 Å². The molecule has 0 saturated carbocycles. The molecule has 0 radical (unpaired) electrons. The molecule has 3 heteroatoms. The number of aliphatic hydroxyl groups excluding tert-OH is 1. The van der Waals surface area contributed by atoms with Gasteiger partial charge >= 0.3 is 0 Å². The van der Waals surface area contributed by atoms with E-state index in [9.17, 15) is 0 Å². The van der Waals surface area contributed by atoms with Crippen LogP contribution in [0.4, 0.5) is 5.69 Å². The van der Waals surface area contributed by atoms with Gasteiger partial charge in [-0.05, 0) is 36.3 Å². The van der Waals surface area contributed by atoms with Crippen molar-refractivity contribution in [3.63, 3.8) is 0 Å². The van der Waals surface area contributed by atoms with Crippen LogP contribution in [0.25, 0.3) is 0 Å². The fourth-order valence-electron chi connectivity index (χ4n) is 1.46. The molecule has 0 heterocycles. The van der Waals surface area contributed by atoms with Crippen molar-refractivity contribution < 1.29 is 5.11 Å². The van der Waals surface area contributed by atoms with Crippen molar-refractivity contribution in [3.05, 3.63) is 29.8 Å². The lowest BCUT2D eigenvalue weighted by atomic mass is 10.2. The van der Waals surface area contributed by atoms with Gasteiger partial charge in [-0.2, -0.15) is 11.8 Å². The number of benzene rings is 1. The van der Waals surface area contributed by atoms with Gasteiger partial charge in [0.05, 0.1) is 0 Å². The minimum absolute atomic E-state index is 0.285. The van der Waals surface area contributed by atoms with Crippen LogP contribution in [-0.2, 0) is 5.75 Å². The normalized spacial score (nSPS) is 12.5. The van der Waals surface area contributed by atoms with Gasteiger partial charge in [-0.25, -0.2) is 0 Å². The third kappa shape index (κ3) is 5.00. The maximum atomic E-state index is 8.94. The first kappa shape index (κ1) is 14.4. The molecular weight excluding hydrogens is 230 g/mol. The molecule has 0 bridgehead atoms. The van der Waals surface area contributed by atoms with Gasteiger partial charge in [0.25, 0.3) is 0 Å². The summed E-state index contributed by atoms with van der Waals surface area (Å²) in [5, 5.41) is 8.94. The number of aliphatic hydroxyl groups is 1. The Morgan fingerprint density at radius 3 is 2.47 bits per heavy atom. The molecule has 1 atom stereocenters. The average molecular weight is 253 g/mol. The van der Waals surface area contributed by atoms with Crippen LogP contribution in [0.1, 0.15) is 19.4 Å². The summed E-state index contributed by atoms with van der Waals surface area (Å²) >= 11 is 1.89. The van der Waals surface area contributed by atoms with Crippen molar-refractivity contribution in [1.29, 1.82) is 0 Å². The van der Waals surface area contributed by atoms with Crippen LogP contribution >= 0.6 is 11.8 Å². The molecule has 2 nitrogen and oxygen atoms in total. The topological polar surface area (TPSA) is 23.5 Å². The summed E-state index contributed by atoms with van der Waals surface area (Å²) in [6.45, 7) is 5.54. The molecule has 0 spiro atoms. The Bertz CT molecular complexity index is 313. The highest BCUT2D eigenvalue weighted by molar-refractivity contribution is 7.98. The third-order valence-electron chi connectivity index (χ3n) is 2.83. The van der Waals surface area contributed by atoms with Gasteiger partial charge in [-0.3, -0.25) is 0 Å². The molecule has 17 heavy (non-hydrogen) atoms. The van der Waals surface area contributed by atoms with Crippen molar-refractivity contribution in [2.24, 2.45) is 5.92 Å². The molecule has 1 rings (SSSR count). The minimum atomic E-state index is 0.285. The summed E-state index contributed by atoms with van der Waals surface area (Å²) in [6, 6.07) is 8.74. The van der Waals surface area contributed by atoms with Crippen molar-refractivity contribution in [3.8, 4) is 0 Å². The molecular formula is C14H23NOS. The van der Waals surface area contributed by atoms with Gasteiger partial charge in [0.2, 0.25) is 0 Å².